The Morgan fingerprint density at radius 3 is 2.72 bits per heavy atom. The molecule has 2 unspecified atom stereocenters. The lowest BCUT2D eigenvalue weighted by molar-refractivity contribution is -0.123. The summed E-state index contributed by atoms with van der Waals surface area (Å²) in [6, 6.07) is 8.24. The van der Waals surface area contributed by atoms with Crippen LogP contribution in [0.15, 0.2) is 28.7 Å². The molecule has 4 nitrogen and oxygen atoms in total. The zero-order chi connectivity index (χ0) is 13.1. The fraction of sp³-hybridized carbons (Fsp3) is 0.462. The summed E-state index contributed by atoms with van der Waals surface area (Å²) in [7, 11) is 1.87. The van der Waals surface area contributed by atoms with Crippen LogP contribution in [0.3, 0.4) is 0 Å². The van der Waals surface area contributed by atoms with Crippen molar-refractivity contribution in [2.24, 2.45) is 0 Å². The molecular weight excluding hydrogens is 294 g/mol. The Morgan fingerprint density at radius 2 is 2.11 bits per heavy atom. The third-order valence-corrected chi connectivity index (χ3v) is 3.74. The first kappa shape index (κ1) is 13.4. The van der Waals surface area contributed by atoms with Crippen molar-refractivity contribution >= 4 is 27.5 Å². The van der Waals surface area contributed by atoms with Crippen molar-refractivity contribution in [2.45, 2.75) is 19.0 Å². The molecule has 1 fully saturated rings. The number of amides is 1. The second-order valence-electron chi connectivity index (χ2n) is 4.55. The molecule has 5 heteroatoms. The van der Waals surface area contributed by atoms with Crippen molar-refractivity contribution in [3.05, 3.63) is 28.7 Å². The Balaban J connectivity index is 2.30. The molecule has 1 aromatic carbocycles. The van der Waals surface area contributed by atoms with Crippen molar-refractivity contribution in [2.75, 3.05) is 25.0 Å². The first-order valence-electron chi connectivity index (χ1n) is 6.09. The van der Waals surface area contributed by atoms with Gasteiger partial charge in [0.2, 0.25) is 5.91 Å². The fourth-order valence-electron chi connectivity index (χ4n) is 2.33. The normalized spacial score (nSPS) is 23.9. The minimum Gasteiger partial charge on any atom is -0.354 e. The average Bonchev–Trinajstić information content (AvgIpc) is 2.36. The van der Waals surface area contributed by atoms with Crippen LogP contribution in [-0.2, 0) is 4.79 Å². The molecule has 2 rings (SSSR count). The number of hydrogen-bond donors (Lipinski definition) is 2. The quantitative estimate of drug-likeness (QED) is 0.886. The monoisotopic (exact) mass is 311 g/mol. The van der Waals surface area contributed by atoms with E-state index in [0.717, 1.165) is 10.2 Å². The van der Waals surface area contributed by atoms with E-state index in [4.69, 9.17) is 0 Å². The molecule has 0 aromatic heterocycles. The highest BCUT2D eigenvalue weighted by Gasteiger charge is 2.33. The van der Waals surface area contributed by atoms with Gasteiger partial charge in [-0.25, -0.2) is 0 Å². The highest BCUT2D eigenvalue weighted by Crippen LogP contribution is 2.24. The molecule has 1 heterocycles. The van der Waals surface area contributed by atoms with Crippen LogP contribution in [0.2, 0.25) is 0 Å². The average molecular weight is 312 g/mol. The van der Waals surface area contributed by atoms with Gasteiger partial charge < -0.3 is 15.5 Å². The topological polar surface area (TPSA) is 44.4 Å². The molecule has 1 aliphatic rings. The van der Waals surface area contributed by atoms with Gasteiger partial charge in [0.15, 0.2) is 0 Å². The standard InChI is InChI=1S/C13H18BrN3O/c1-9-7-16-13(18)12(8-15-2)17(9)11-5-3-10(14)4-6-11/h3-6,9,12,15H,7-8H2,1-2H3,(H,16,18). The summed E-state index contributed by atoms with van der Waals surface area (Å²) in [4.78, 5) is 14.2. The first-order chi connectivity index (χ1) is 8.63. The number of halogens is 1. The Hall–Kier alpha value is -1.07. The van der Waals surface area contributed by atoms with Gasteiger partial charge in [-0.1, -0.05) is 15.9 Å². The Labute approximate surface area is 116 Å². The molecule has 0 aliphatic carbocycles. The predicted octanol–water partition coefficient (Wildman–Crippen LogP) is 1.36. The highest BCUT2D eigenvalue weighted by molar-refractivity contribution is 9.10. The Bertz CT molecular complexity index is 421. The predicted molar refractivity (Wildman–Crippen MR) is 76.8 cm³/mol. The van der Waals surface area contributed by atoms with Crippen LogP contribution in [0.25, 0.3) is 0 Å². The van der Waals surface area contributed by atoms with Crippen molar-refractivity contribution < 1.29 is 4.79 Å². The number of likely N-dealkylation sites (N-methyl/N-ethyl adjacent to an activating group) is 1. The van der Waals surface area contributed by atoms with E-state index in [1.54, 1.807) is 0 Å². The number of carbonyl (C=O) groups excluding carboxylic acids is 1. The van der Waals surface area contributed by atoms with E-state index in [0.29, 0.717) is 19.1 Å². The van der Waals surface area contributed by atoms with Gasteiger partial charge in [0, 0.05) is 29.3 Å². The van der Waals surface area contributed by atoms with Gasteiger partial charge in [-0.05, 0) is 38.2 Å². The van der Waals surface area contributed by atoms with Crippen molar-refractivity contribution in [3.63, 3.8) is 0 Å². The van der Waals surface area contributed by atoms with Crippen LogP contribution in [0.1, 0.15) is 6.92 Å². The van der Waals surface area contributed by atoms with E-state index in [1.165, 1.54) is 0 Å². The molecule has 18 heavy (non-hydrogen) atoms. The molecule has 0 spiro atoms. The van der Waals surface area contributed by atoms with Crippen molar-refractivity contribution in [3.8, 4) is 0 Å². The second-order valence-corrected chi connectivity index (χ2v) is 5.47. The smallest absolute Gasteiger partial charge is 0.244 e. The fourth-order valence-corrected chi connectivity index (χ4v) is 2.59. The number of anilines is 1. The second kappa shape index (κ2) is 5.71. The van der Waals surface area contributed by atoms with E-state index in [1.807, 2.05) is 31.3 Å². The van der Waals surface area contributed by atoms with E-state index in [2.05, 4.69) is 38.4 Å². The summed E-state index contributed by atoms with van der Waals surface area (Å²) >= 11 is 3.43. The minimum absolute atomic E-state index is 0.0883. The number of piperazine rings is 1. The SMILES string of the molecule is CNCC1C(=O)NCC(C)N1c1ccc(Br)cc1. The van der Waals surface area contributed by atoms with Crippen LogP contribution < -0.4 is 15.5 Å². The largest absolute Gasteiger partial charge is 0.354 e. The molecule has 98 valence electrons. The molecule has 2 atom stereocenters. The van der Waals surface area contributed by atoms with Crippen molar-refractivity contribution in [1.29, 1.82) is 0 Å². The Morgan fingerprint density at radius 1 is 1.44 bits per heavy atom. The number of nitrogens with zero attached hydrogens (tertiary/aromatic N) is 1. The lowest BCUT2D eigenvalue weighted by atomic mass is 10.1. The highest BCUT2D eigenvalue weighted by atomic mass is 79.9. The van der Waals surface area contributed by atoms with E-state index < -0.39 is 0 Å². The minimum atomic E-state index is -0.153. The third kappa shape index (κ3) is 2.67. The lowest BCUT2D eigenvalue weighted by Gasteiger charge is -2.41. The molecule has 1 amide bonds. The summed E-state index contributed by atoms with van der Waals surface area (Å²) in [6.45, 7) is 3.46. The van der Waals surface area contributed by atoms with Gasteiger partial charge in [0.25, 0.3) is 0 Å². The van der Waals surface area contributed by atoms with Gasteiger partial charge in [-0.3, -0.25) is 4.79 Å². The van der Waals surface area contributed by atoms with Crippen molar-refractivity contribution in [1.82, 2.24) is 10.6 Å². The molecule has 2 N–H and O–H groups in total. The number of hydrogen-bond acceptors (Lipinski definition) is 3. The number of benzene rings is 1. The van der Waals surface area contributed by atoms with E-state index in [-0.39, 0.29) is 11.9 Å². The van der Waals surface area contributed by atoms with Gasteiger partial charge in [0.05, 0.1) is 0 Å². The van der Waals surface area contributed by atoms with E-state index >= 15 is 0 Å². The maximum absolute atomic E-state index is 12.0. The molecular formula is C13H18BrN3O. The van der Waals surface area contributed by atoms with Gasteiger partial charge >= 0.3 is 0 Å². The number of nitrogens with one attached hydrogen (secondary N) is 2. The van der Waals surface area contributed by atoms with Crippen LogP contribution in [0.4, 0.5) is 5.69 Å². The van der Waals surface area contributed by atoms with Gasteiger partial charge in [-0.15, -0.1) is 0 Å². The van der Waals surface area contributed by atoms with E-state index in [9.17, 15) is 4.79 Å². The third-order valence-electron chi connectivity index (χ3n) is 3.21. The van der Waals surface area contributed by atoms with Crippen LogP contribution in [0.5, 0.6) is 0 Å². The summed E-state index contributed by atoms with van der Waals surface area (Å²) in [6.07, 6.45) is 0. The van der Waals surface area contributed by atoms with Gasteiger partial charge in [0.1, 0.15) is 6.04 Å². The summed E-state index contributed by atoms with van der Waals surface area (Å²) in [5.74, 6) is 0.0883. The maximum atomic E-state index is 12.0. The van der Waals surface area contributed by atoms with Crippen LogP contribution >= 0.6 is 15.9 Å². The Kier molecular flexibility index (Phi) is 4.24. The summed E-state index contributed by atoms with van der Waals surface area (Å²) in [5, 5.41) is 6.04. The maximum Gasteiger partial charge on any atom is 0.244 e. The molecule has 0 saturated carbocycles. The lowest BCUT2D eigenvalue weighted by Crippen LogP contribution is -2.62. The molecule has 0 radical (unpaired) electrons. The summed E-state index contributed by atoms with van der Waals surface area (Å²) in [5.41, 5.74) is 1.08. The molecule has 1 aliphatic heterocycles. The first-order valence-corrected chi connectivity index (χ1v) is 6.89. The van der Waals surface area contributed by atoms with Gasteiger partial charge in [-0.2, -0.15) is 0 Å². The van der Waals surface area contributed by atoms with Crippen LogP contribution in [-0.4, -0.2) is 38.1 Å². The molecule has 0 bridgehead atoms. The summed E-state index contributed by atoms with van der Waals surface area (Å²) < 4.78 is 1.05. The zero-order valence-electron chi connectivity index (χ0n) is 10.6. The van der Waals surface area contributed by atoms with Crippen LogP contribution in [0, 0.1) is 0 Å². The molecule has 1 aromatic rings. The molecule has 1 saturated heterocycles. The zero-order valence-corrected chi connectivity index (χ0v) is 12.2. The number of rotatable bonds is 3. The number of carbonyl (C=O) groups is 1.